The lowest BCUT2D eigenvalue weighted by atomic mass is 10.1. The number of benzene rings is 1. The number of amides is 2. The largest absolute Gasteiger partial charge is 0.312 e. The first-order valence-electron chi connectivity index (χ1n) is 5.21. The van der Waals surface area contributed by atoms with E-state index < -0.39 is 11.8 Å². The third-order valence-corrected chi connectivity index (χ3v) is 3.05. The molecule has 17 heavy (non-hydrogen) atoms. The van der Waals surface area contributed by atoms with E-state index in [9.17, 15) is 9.59 Å². The highest BCUT2D eigenvalue weighted by Gasteiger charge is 2.37. The first kappa shape index (κ1) is 11.9. The van der Waals surface area contributed by atoms with Crippen molar-refractivity contribution in [3.05, 3.63) is 29.3 Å². The molecule has 5 nitrogen and oxygen atoms in total. The van der Waals surface area contributed by atoms with Gasteiger partial charge in [-0.25, -0.2) is 5.84 Å². The molecule has 3 N–H and O–H groups in total. The molecule has 90 valence electrons. The van der Waals surface area contributed by atoms with E-state index in [2.05, 4.69) is 0 Å². The number of halogens is 1. The first-order chi connectivity index (χ1) is 8.13. The summed E-state index contributed by atoms with van der Waals surface area (Å²) in [5.41, 5.74) is 2.75. The van der Waals surface area contributed by atoms with Crippen LogP contribution in [0.15, 0.2) is 24.3 Å². The fourth-order valence-electron chi connectivity index (χ4n) is 1.90. The van der Waals surface area contributed by atoms with Gasteiger partial charge < -0.3 is 4.90 Å². The molecule has 1 unspecified atom stereocenters. The van der Waals surface area contributed by atoms with Crippen LogP contribution in [-0.2, 0) is 9.59 Å². The Kier molecular flexibility index (Phi) is 3.31. The summed E-state index contributed by atoms with van der Waals surface area (Å²) in [5, 5.41) is 0.608. The average molecular weight is 254 g/mol. The molecule has 0 spiro atoms. The van der Waals surface area contributed by atoms with Crippen molar-refractivity contribution in [3.63, 3.8) is 0 Å². The molecule has 1 aliphatic heterocycles. The number of nitrogens with zero attached hydrogens (tertiary/aromatic N) is 1. The zero-order valence-corrected chi connectivity index (χ0v) is 9.78. The van der Waals surface area contributed by atoms with Crippen molar-refractivity contribution in [3.8, 4) is 0 Å². The van der Waals surface area contributed by atoms with Gasteiger partial charge in [-0.05, 0) is 30.7 Å². The highest BCUT2D eigenvalue weighted by atomic mass is 35.5. The highest BCUT2D eigenvalue weighted by molar-refractivity contribution is 6.30. The van der Waals surface area contributed by atoms with E-state index >= 15 is 0 Å². The summed E-state index contributed by atoms with van der Waals surface area (Å²) in [7, 11) is 0. The van der Waals surface area contributed by atoms with Gasteiger partial charge in [0, 0.05) is 17.3 Å². The number of rotatable bonds is 2. The van der Waals surface area contributed by atoms with E-state index in [1.165, 1.54) is 0 Å². The van der Waals surface area contributed by atoms with Crippen molar-refractivity contribution in [2.24, 2.45) is 11.8 Å². The van der Waals surface area contributed by atoms with Gasteiger partial charge in [0.2, 0.25) is 11.8 Å². The lowest BCUT2D eigenvalue weighted by Gasteiger charge is -2.16. The second kappa shape index (κ2) is 4.73. The van der Waals surface area contributed by atoms with Gasteiger partial charge in [-0.1, -0.05) is 11.6 Å². The Morgan fingerprint density at radius 3 is 2.65 bits per heavy atom. The average Bonchev–Trinajstić information content (AvgIpc) is 2.71. The minimum absolute atomic E-state index is 0.227. The monoisotopic (exact) mass is 253 g/mol. The number of carbonyl (C=O) groups is 2. The fraction of sp³-hybridized carbons (Fsp3) is 0.273. The van der Waals surface area contributed by atoms with Crippen LogP contribution in [-0.4, -0.2) is 18.4 Å². The van der Waals surface area contributed by atoms with Gasteiger partial charge in [-0.15, -0.1) is 0 Å². The molecule has 2 amide bonds. The zero-order chi connectivity index (χ0) is 12.4. The number of hydrogen-bond acceptors (Lipinski definition) is 3. The number of hydrazine groups is 1. The van der Waals surface area contributed by atoms with E-state index in [4.69, 9.17) is 17.4 Å². The molecule has 6 heteroatoms. The third-order valence-electron chi connectivity index (χ3n) is 2.80. The van der Waals surface area contributed by atoms with Crippen LogP contribution in [0.2, 0.25) is 5.02 Å². The number of nitrogens with two attached hydrogens (primary N) is 1. The summed E-state index contributed by atoms with van der Waals surface area (Å²) in [6, 6.07) is 6.92. The summed E-state index contributed by atoms with van der Waals surface area (Å²) in [5.74, 6) is 3.68. The van der Waals surface area contributed by atoms with Crippen LogP contribution in [0.1, 0.15) is 6.42 Å². The van der Waals surface area contributed by atoms with E-state index in [1.54, 1.807) is 29.2 Å². The quantitative estimate of drug-likeness (QED) is 0.352. The fourth-order valence-corrected chi connectivity index (χ4v) is 2.03. The minimum atomic E-state index is -0.685. The van der Waals surface area contributed by atoms with Crippen molar-refractivity contribution in [2.45, 2.75) is 6.42 Å². The van der Waals surface area contributed by atoms with Gasteiger partial charge in [0.1, 0.15) is 5.92 Å². The lowest BCUT2D eigenvalue weighted by molar-refractivity contribution is -0.132. The van der Waals surface area contributed by atoms with Crippen LogP contribution in [0.5, 0.6) is 0 Å². The van der Waals surface area contributed by atoms with E-state index in [1.807, 2.05) is 5.43 Å². The molecule has 1 saturated heterocycles. The maximum atomic E-state index is 12.0. The molecule has 0 radical (unpaired) electrons. The van der Waals surface area contributed by atoms with Crippen LogP contribution in [0.3, 0.4) is 0 Å². The summed E-state index contributed by atoms with van der Waals surface area (Å²) >= 11 is 5.77. The van der Waals surface area contributed by atoms with Crippen LogP contribution in [0, 0.1) is 5.92 Å². The topological polar surface area (TPSA) is 75.4 Å². The second-order valence-corrected chi connectivity index (χ2v) is 4.25. The predicted molar refractivity (Wildman–Crippen MR) is 64.2 cm³/mol. The molecule has 1 aromatic carbocycles. The molecule has 1 fully saturated rings. The zero-order valence-electron chi connectivity index (χ0n) is 9.02. The SMILES string of the molecule is NNC(=O)C1CCN(c2ccc(Cl)cc2)C1=O. The third kappa shape index (κ3) is 2.25. The highest BCUT2D eigenvalue weighted by Crippen LogP contribution is 2.26. The van der Waals surface area contributed by atoms with Crippen LogP contribution >= 0.6 is 11.6 Å². The Bertz CT molecular complexity index is 447. The Morgan fingerprint density at radius 2 is 2.06 bits per heavy atom. The number of nitrogens with one attached hydrogen (secondary N) is 1. The molecule has 1 aromatic rings. The van der Waals surface area contributed by atoms with Crippen molar-refractivity contribution >= 4 is 29.1 Å². The van der Waals surface area contributed by atoms with Crippen LogP contribution in [0.4, 0.5) is 5.69 Å². The molecule has 0 aliphatic carbocycles. The molecular weight excluding hydrogens is 242 g/mol. The van der Waals surface area contributed by atoms with Crippen molar-refractivity contribution in [1.29, 1.82) is 0 Å². The van der Waals surface area contributed by atoms with Gasteiger partial charge in [-0.2, -0.15) is 0 Å². The number of anilines is 1. The summed E-state index contributed by atoms with van der Waals surface area (Å²) in [4.78, 5) is 24.9. The van der Waals surface area contributed by atoms with Crippen LogP contribution < -0.4 is 16.2 Å². The smallest absolute Gasteiger partial charge is 0.246 e. The molecule has 0 bridgehead atoms. The Labute approximate surface area is 103 Å². The molecular formula is C11H12ClN3O2. The first-order valence-corrected chi connectivity index (χ1v) is 5.58. The summed E-state index contributed by atoms with van der Waals surface area (Å²) in [6.07, 6.45) is 0.477. The van der Waals surface area contributed by atoms with Gasteiger partial charge in [0.05, 0.1) is 0 Å². The van der Waals surface area contributed by atoms with Gasteiger partial charge >= 0.3 is 0 Å². The maximum absolute atomic E-state index is 12.0. The summed E-state index contributed by atoms with van der Waals surface area (Å²) in [6.45, 7) is 0.512. The Hall–Kier alpha value is -1.59. The van der Waals surface area contributed by atoms with E-state index in [0.29, 0.717) is 18.0 Å². The van der Waals surface area contributed by atoms with E-state index in [0.717, 1.165) is 5.69 Å². The number of carbonyl (C=O) groups excluding carboxylic acids is 2. The van der Waals surface area contributed by atoms with Crippen molar-refractivity contribution < 1.29 is 9.59 Å². The van der Waals surface area contributed by atoms with Crippen LogP contribution in [0.25, 0.3) is 0 Å². The van der Waals surface area contributed by atoms with E-state index in [-0.39, 0.29) is 5.91 Å². The minimum Gasteiger partial charge on any atom is -0.312 e. The van der Waals surface area contributed by atoms with Crippen molar-refractivity contribution in [2.75, 3.05) is 11.4 Å². The Balaban J connectivity index is 2.17. The normalized spacial score (nSPS) is 19.5. The Morgan fingerprint density at radius 1 is 1.41 bits per heavy atom. The molecule has 1 heterocycles. The van der Waals surface area contributed by atoms with Gasteiger partial charge in [0.15, 0.2) is 0 Å². The molecule has 1 atom stereocenters. The standard InChI is InChI=1S/C11H12ClN3O2/c12-7-1-3-8(4-2-7)15-6-5-9(11(15)17)10(16)14-13/h1-4,9H,5-6,13H2,(H,14,16). The molecule has 2 rings (SSSR count). The molecule has 0 saturated carbocycles. The second-order valence-electron chi connectivity index (χ2n) is 3.82. The van der Waals surface area contributed by atoms with Gasteiger partial charge in [-0.3, -0.25) is 15.0 Å². The van der Waals surface area contributed by atoms with Gasteiger partial charge in [0.25, 0.3) is 0 Å². The maximum Gasteiger partial charge on any atom is 0.246 e. The number of hydrogen-bond donors (Lipinski definition) is 2. The van der Waals surface area contributed by atoms with Crippen molar-refractivity contribution in [1.82, 2.24) is 5.43 Å². The molecule has 1 aliphatic rings. The predicted octanol–water partition coefficient (Wildman–Crippen LogP) is 0.683. The lowest BCUT2D eigenvalue weighted by Crippen LogP contribution is -2.40. The summed E-state index contributed by atoms with van der Waals surface area (Å²) < 4.78 is 0. The molecule has 0 aromatic heterocycles.